The topological polar surface area (TPSA) is 108 Å². The summed E-state index contributed by atoms with van der Waals surface area (Å²) in [5, 5.41) is 5.53. The molecule has 0 radical (unpaired) electrons. The molecule has 9 nitrogen and oxygen atoms in total. The van der Waals surface area contributed by atoms with E-state index in [1.807, 2.05) is 4.90 Å². The maximum atomic E-state index is 13.6. The second-order valence-corrected chi connectivity index (χ2v) is 13.5. The highest BCUT2D eigenvalue weighted by atomic mass is 19.3. The van der Waals surface area contributed by atoms with E-state index in [4.69, 9.17) is 4.74 Å². The van der Waals surface area contributed by atoms with Crippen LogP contribution in [0.15, 0.2) is 18.2 Å². The van der Waals surface area contributed by atoms with Crippen molar-refractivity contribution in [1.29, 1.82) is 0 Å². The highest BCUT2D eigenvalue weighted by molar-refractivity contribution is 6.05. The van der Waals surface area contributed by atoms with Gasteiger partial charge in [0.2, 0.25) is 23.6 Å². The summed E-state index contributed by atoms with van der Waals surface area (Å²) >= 11 is 0. The van der Waals surface area contributed by atoms with E-state index in [2.05, 4.69) is 10.6 Å². The van der Waals surface area contributed by atoms with Gasteiger partial charge < -0.3 is 19.9 Å². The van der Waals surface area contributed by atoms with E-state index in [0.29, 0.717) is 36.1 Å². The number of carbonyl (C=O) groups is 4. The van der Waals surface area contributed by atoms with E-state index in [1.54, 1.807) is 18.2 Å². The van der Waals surface area contributed by atoms with Crippen molar-refractivity contribution in [2.24, 2.45) is 17.8 Å². The first-order valence-corrected chi connectivity index (χ1v) is 16.1. The largest absolute Gasteiger partial charge is 0.490 e. The van der Waals surface area contributed by atoms with E-state index in [0.717, 1.165) is 50.9 Å². The van der Waals surface area contributed by atoms with Gasteiger partial charge in [-0.1, -0.05) is 0 Å². The van der Waals surface area contributed by atoms with Crippen molar-refractivity contribution in [3.63, 3.8) is 0 Å². The molecule has 2 aliphatic carbocycles. The number of alkyl halides is 4. The maximum Gasteiger partial charge on any atom is 0.255 e. The molecule has 0 aromatic heterocycles. The SMILES string of the molecule is O=C(C1CC(F)(F)C1)N1CCC(C2CNC2)CC1.O=C1CCC(N2Cc3cc(OC4CCCC(F)(F)C4)ccc3C2=O)C(=O)N1. The van der Waals surface area contributed by atoms with Crippen LogP contribution in [0, 0.1) is 17.8 Å². The summed E-state index contributed by atoms with van der Waals surface area (Å²) in [7, 11) is 0. The summed E-state index contributed by atoms with van der Waals surface area (Å²) in [6.45, 7) is 3.98. The molecule has 0 spiro atoms. The number of hydrogen-bond acceptors (Lipinski definition) is 6. The maximum absolute atomic E-state index is 13.6. The molecule has 7 rings (SSSR count). The zero-order chi connectivity index (χ0) is 31.9. The van der Waals surface area contributed by atoms with Crippen LogP contribution in [0.4, 0.5) is 17.6 Å². The molecule has 4 aliphatic heterocycles. The Morgan fingerprint density at radius 2 is 1.64 bits per heavy atom. The van der Waals surface area contributed by atoms with Crippen LogP contribution in [-0.2, 0) is 20.9 Å². The molecule has 6 aliphatic rings. The fraction of sp³-hybridized carbons (Fsp3) is 0.688. The Morgan fingerprint density at radius 1 is 0.911 bits per heavy atom. The molecule has 45 heavy (non-hydrogen) atoms. The Balaban J connectivity index is 0.000000172. The van der Waals surface area contributed by atoms with Crippen molar-refractivity contribution in [3.05, 3.63) is 29.3 Å². The van der Waals surface area contributed by atoms with Crippen molar-refractivity contribution in [2.45, 2.75) is 94.7 Å². The standard InChI is InChI=1S/C19H20F2N2O4.C13H20F2N2O/c20-19(21)7-1-2-13(9-19)27-12-3-4-14-11(8-12)10-23(18(14)26)15-5-6-16(24)22-17(15)25;14-13(15)5-10(6-13)12(18)17-3-1-9(2-4-17)11-7-16-8-11/h3-4,8,13,15H,1-2,5-7,9-10H2,(H,22,24,25);9-11,16H,1-8H2. The number of fused-ring (bicyclic) bond motifs is 1. The molecule has 2 N–H and O–H groups in total. The fourth-order valence-electron chi connectivity index (χ4n) is 7.37. The van der Waals surface area contributed by atoms with Crippen molar-refractivity contribution in [1.82, 2.24) is 20.4 Å². The van der Waals surface area contributed by atoms with Crippen LogP contribution in [0.2, 0.25) is 0 Å². The van der Waals surface area contributed by atoms with Crippen molar-refractivity contribution in [2.75, 3.05) is 26.2 Å². The van der Waals surface area contributed by atoms with Gasteiger partial charge in [0.05, 0.1) is 0 Å². The first-order chi connectivity index (χ1) is 21.4. The second kappa shape index (κ2) is 12.5. The molecule has 3 saturated heterocycles. The number of hydrogen-bond donors (Lipinski definition) is 2. The van der Waals surface area contributed by atoms with E-state index < -0.39 is 35.8 Å². The summed E-state index contributed by atoms with van der Waals surface area (Å²) in [6, 6.07) is 4.23. The van der Waals surface area contributed by atoms with E-state index in [9.17, 15) is 36.7 Å². The third kappa shape index (κ3) is 7.12. The van der Waals surface area contributed by atoms with Gasteiger partial charge in [0, 0.05) is 63.2 Å². The van der Waals surface area contributed by atoms with Crippen molar-refractivity contribution < 1.29 is 41.5 Å². The Bertz CT molecular complexity index is 1320. The third-order valence-corrected chi connectivity index (χ3v) is 10.2. The van der Waals surface area contributed by atoms with E-state index in [-0.39, 0.29) is 56.4 Å². The lowest BCUT2D eigenvalue weighted by atomic mass is 9.78. The molecule has 246 valence electrons. The molecule has 4 heterocycles. The molecule has 2 atom stereocenters. The van der Waals surface area contributed by atoms with Gasteiger partial charge in [-0.15, -0.1) is 0 Å². The molecule has 0 bridgehead atoms. The van der Waals surface area contributed by atoms with E-state index in [1.165, 1.54) is 4.90 Å². The average molecular weight is 637 g/mol. The van der Waals surface area contributed by atoms with Gasteiger partial charge in [-0.2, -0.15) is 0 Å². The van der Waals surface area contributed by atoms with E-state index >= 15 is 0 Å². The Labute approximate surface area is 259 Å². The number of benzene rings is 1. The van der Waals surface area contributed by atoms with Gasteiger partial charge in [0.1, 0.15) is 17.9 Å². The number of ether oxygens (including phenoxy) is 1. The monoisotopic (exact) mass is 636 g/mol. The first kappa shape index (κ1) is 31.7. The van der Waals surface area contributed by atoms with Gasteiger partial charge in [-0.25, -0.2) is 17.6 Å². The minimum atomic E-state index is -2.70. The molecular formula is C32H40F4N4O5. The van der Waals surface area contributed by atoms with Gasteiger partial charge in [-0.3, -0.25) is 24.5 Å². The van der Waals surface area contributed by atoms with Crippen LogP contribution in [0.5, 0.6) is 5.75 Å². The summed E-state index contributed by atoms with van der Waals surface area (Å²) < 4.78 is 58.4. The van der Waals surface area contributed by atoms with Crippen LogP contribution in [0.1, 0.15) is 80.1 Å². The number of amides is 4. The molecule has 13 heteroatoms. The molecule has 1 aromatic carbocycles. The summed E-state index contributed by atoms with van der Waals surface area (Å²) in [4.78, 5) is 51.3. The zero-order valence-electron chi connectivity index (χ0n) is 25.2. The number of imide groups is 1. The number of rotatable bonds is 5. The fourth-order valence-corrected chi connectivity index (χ4v) is 7.37. The molecule has 1 aromatic rings. The minimum absolute atomic E-state index is 0.0360. The number of nitrogens with one attached hydrogen (secondary N) is 2. The van der Waals surface area contributed by atoms with Crippen molar-refractivity contribution in [3.8, 4) is 5.75 Å². The predicted molar refractivity (Wildman–Crippen MR) is 154 cm³/mol. The lowest BCUT2D eigenvalue weighted by molar-refractivity contribution is -0.161. The van der Waals surface area contributed by atoms with Crippen molar-refractivity contribution >= 4 is 23.6 Å². The molecular weight excluding hydrogens is 596 g/mol. The molecule has 5 fully saturated rings. The zero-order valence-corrected chi connectivity index (χ0v) is 25.2. The Hall–Kier alpha value is -3.22. The highest BCUT2D eigenvalue weighted by Gasteiger charge is 2.50. The Morgan fingerprint density at radius 3 is 2.27 bits per heavy atom. The van der Waals surface area contributed by atoms with Crippen LogP contribution in [-0.4, -0.2) is 83.6 Å². The molecule has 4 amide bonds. The van der Waals surface area contributed by atoms with Gasteiger partial charge in [-0.05, 0) is 80.8 Å². The van der Waals surface area contributed by atoms with Gasteiger partial charge in [0.15, 0.2) is 0 Å². The number of likely N-dealkylation sites (tertiary alicyclic amines) is 1. The lowest BCUT2D eigenvalue weighted by Crippen LogP contribution is -2.52. The van der Waals surface area contributed by atoms with Crippen LogP contribution in [0.25, 0.3) is 0 Å². The van der Waals surface area contributed by atoms with Gasteiger partial charge in [0.25, 0.3) is 11.8 Å². The summed E-state index contributed by atoms with van der Waals surface area (Å²) in [5.74, 6) is -4.85. The quantitative estimate of drug-likeness (QED) is 0.375. The van der Waals surface area contributed by atoms with Gasteiger partial charge >= 0.3 is 0 Å². The molecule has 2 unspecified atom stereocenters. The second-order valence-electron chi connectivity index (χ2n) is 13.5. The normalized spacial score (nSPS) is 28.3. The highest BCUT2D eigenvalue weighted by Crippen LogP contribution is 2.44. The average Bonchev–Trinajstić information content (AvgIpc) is 3.26. The lowest BCUT2D eigenvalue weighted by Gasteiger charge is -2.43. The smallest absolute Gasteiger partial charge is 0.255 e. The van der Waals surface area contributed by atoms with Crippen LogP contribution < -0.4 is 15.4 Å². The predicted octanol–water partition coefficient (Wildman–Crippen LogP) is 3.89. The number of carbonyl (C=O) groups excluding carboxylic acids is 4. The molecule has 2 saturated carbocycles. The first-order valence-electron chi connectivity index (χ1n) is 16.1. The Kier molecular flexibility index (Phi) is 8.84. The third-order valence-electron chi connectivity index (χ3n) is 10.2. The summed E-state index contributed by atoms with van der Waals surface area (Å²) in [5.41, 5.74) is 1.17. The number of piperidine rings is 2. The van der Waals surface area contributed by atoms with Crippen LogP contribution >= 0.6 is 0 Å². The number of nitrogens with zero attached hydrogens (tertiary/aromatic N) is 2. The minimum Gasteiger partial charge on any atom is -0.490 e. The summed E-state index contributed by atoms with van der Waals surface area (Å²) in [6.07, 6.45) is 2.15. The number of halogens is 4. The van der Waals surface area contributed by atoms with Crippen LogP contribution in [0.3, 0.4) is 0 Å².